The van der Waals surface area contributed by atoms with Crippen LogP contribution in [0.25, 0.3) is 0 Å². The number of rotatable bonds is 2. The average Bonchev–Trinajstić information content (AvgIpc) is 2.75. The van der Waals surface area contributed by atoms with E-state index in [1.54, 1.807) is 0 Å². The zero-order valence-electron chi connectivity index (χ0n) is 12.1. The minimum atomic E-state index is -0.437. The van der Waals surface area contributed by atoms with Crippen LogP contribution in [-0.4, -0.2) is 53.7 Å². The molecule has 3 rings (SSSR count). The molecule has 1 spiro atoms. The predicted octanol–water partition coefficient (Wildman–Crippen LogP) is 1.91. The molecule has 2 heterocycles. The first-order valence-corrected chi connectivity index (χ1v) is 7.86. The molecule has 1 saturated carbocycles. The molecule has 1 N–H and O–H groups in total. The fourth-order valence-electron chi connectivity index (χ4n) is 3.80. The Kier molecular flexibility index (Phi) is 3.87. The van der Waals surface area contributed by atoms with Gasteiger partial charge in [-0.1, -0.05) is 19.3 Å². The molecule has 0 aromatic carbocycles. The lowest BCUT2D eigenvalue weighted by Crippen LogP contribution is -2.51. The molecule has 0 aromatic heterocycles. The summed E-state index contributed by atoms with van der Waals surface area (Å²) >= 11 is 0. The van der Waals surface area contributed by atoms with Gasteiger partial charge in [0, 0.05) is 32.5 Å². The van der Waals surface area contributed by atoms with E-state index in [-0.39, 0.29) is 11.9 Å². The van der Waals surface area contributed by atoms with Crippen molar-refractivity contribution in [1.29, 1.82) is 0 Å². The zero-order chi connectivity index (χ0) is 13.3. The zero-order valence-corrected chi connectivity index (χ0v) is 12.1. The summed E-state index contributed by atoms with van der Waals surface area (Å²) in [7, 11) is 0. The number of likely N-dealkylation sites (tertiary alicyclic amines) is 1. The molecular formula is C15H27NO3. The van der Waals surface area contributed by atoms with Crippen LogP contribution in [0.4, 0.5) is 0 Å². The summed E-state index contributed by atoms with van der Waals surface area (Å²) < 4.78 is 11.8. The number of piperidine rings is 1. The van der Waals surface area contributed by atoms with E-state index in [0.29, 0.717) is 0 Å². The first kappa shape index (κ1) is 13.8. The van der Waals surface area contributed by atoms with E-state index in [4.69, 9.17) is 9.47 Å². The van der Waals surface area contributed by atoms with Crippen molar-refractivity contribution in [3.05, 3.63) is 0 Å². The summed E-state index contributed by atoms with van der Waals surface area (Å²) in [5.41, 5.74) is -0.437. The summed E-state index contributed by atoms with van der Waals surface area (Å²) in [6.07, 6.45) is 7.69. The van der Waals surface area contributed by atoms with Crippen molar-refractivity contribution in [2.45, 2.75) is 69.4 Å². The Morgan fingerprint density at radius 2 is 1.79 bits per heavy atom. The quantitative estimate of drug-likeness (QED) is 0.831. The average molecular weight is 269 g/mol. The lowest BCUT2D eigenvalue weighted by atomic mass is 9.84. The molecule has 0 amide bonds. The molecule has 4 nitrogen and oxygen atoms in total. The van der Waals surface area contributed by atoms with Gasteiger partial charge in [0.1, 0.15) is 0 Å². The van der Waals surface area contributed by atoms with Gasteiger partial charge in [-0.2, -0.15) is 0 Å². The van der Waals surface area contributed by atoms with Crippen LogP contribution in [0.2, 0.25) is 0 Å². The number of β-amino-alcohol motifs (C(OH)–C–C–N with tert-alkyl or cyclic N) is 1. The van der Waals surface area contributed by atoms with E-state index in [1.165, 1.54) is 19.3 Å². The second kappa shape index (κ2) is 5.32. The van der Waals surface area contributed by atoms with Gasteiger partial charge in [-0.3, -0.25) is 0 Å². The topological polar surface area (TPSA) is 41.9 Å². The summed E-state index contributed by atoms with van der Waals surface area (Å²) in [4.78, 5) is 2.40. The van der Waals surface area contributed by atoms with Gasteiger partial charge in [-0.05, 0) is 19.8 Å². The van der Waals surface area contributed by atoms with Crippen molar-refractivity contribution in [3.8, 4) is 0 Å². The maximum atomic E-state index is 10.6. The molecule has 4 heteroatoms. The smallest absolute Gasteiger partial charge is 0.171 e. The van der Waals surface area contributed by atoms with Gasteiger partial charge >= 0.3 is 0 Å². The van der Waals surface area contributed by atoms with E-state index in [0.717, 1.165) is 51.9 Å². The number of hydrogen-bond acceptors (Lipinski definition) is 4. The van der Waals surface area contributed by atoms with Crippen molar-refractivity contribution in [1.82, 2.24) is 4.90 Å². The van der Waals surface area contributed by atoms with E-state index < -0.39 is 5.60 Å². The second-order valence-electron chi connectivity index (χ2n) is 6.71. The highest BCUT2D eigenvalue weighted by atomic mass is 16.7. The molecule has 2 saturated heterocycles. The SMILES string of the molecule is C[C@H]1COC2(CCN(CC3(O)CCCCC3)CC2)O1. The standard InChI is InChI=1S/C15H27NO3/c1-13-11-18-15(19-13)7-9-16(10-8-15)12-14(17)5-3-2-4-6-14/h13,17H,2-12H2,1H3/t13-/m0/s1. The fraction of sp³-hybridized carbons (Fsp3) is 1.00. The molecule has 1 aliphatic carbocycles. The third kappa shape index (κ3) is 3.13. The minimum Gasteiger partial charge on any atom is -0.389 e. The molecular weight excluding hydrogens is 242 g/mol. The maximum Gasteiger partial charge on any atom is 0.171 e. The van der Waals surface area contributed by atoms with Crippen LogP contribution in [0.5, 0.6) is 0 Å². The monoisotopic (exact) mass is 269 g/mol. The summed E-state index contributed by atoms with van der Waals surface area (Å²) in [5.74, 6) is -0.314. The van der Waals surface area contributed by atoms with Gasteiger partial charge in [0.2, 0.25) is 0 Å². The maximum absolute atomic E-state index is 10.6. The lowest BCUT2D eigenvalue weighted by molar-refractivity contribution is -0.196. The Morgan fingerprint density at radius 1 is 1.11 bits per heavy atom. The van der Waals surface area contributed by atoms with E-state index in [2.05, 4.69) is 11.8 Å². The molecule has 0 radical (unpaired) electrons. The molecule has 2 aliphatic heterocycles. The summed E-state index contributed by atoms with van der Waals surface area (Å²) in [6.45, 7) is 5.60. The van der Waals surface area contributed by atoms with Crippen LogP contribution in [-0.2, 0) is 9.47 Å². The Labute approximate surface area is 116 Å². The van der Waals surface area contributed by atoms with Gasteiger partial charge in [0.25, 0.3) is 0 Å². The number of nitrogens with zero attached hydrogens (tertiary/aromatic N) is 1. The third-order valence-electron chi connectivity index (χ3n) is 4.92. The van der Waals surface area contributed by atoms with Crippen LogP contribution < -0.4 is 0 Å². The van der Waals surface area contributed by atoms with Crippen LogP contribution in [0, 0.1) is 0 Å². The molecule has 0 aromatic rings. The first-order chi connectivity index (χ1) is 9.09. The van der Waals surface area contributed by atoms with Gasteiger partial charge < -0.3 is 19.5 Å². The van der Waals surface area contributed by atoms with Crippen molar-refractivity contribution in [3.63, 3.8) is 0 Å². The lowest BCUT2D eigenvalue weighted by Gasteiger charge is -2.42. The third-order valence-corrected chi connectivity index (χ3v) is 4.92. The molecule has 0 unspecified atom stereocenters. The van der Waals surface area contributed by atoms with E-state index in [1.807, 2.05) is 0 Å². The van der Waals surface area contributed by atoms with Crippen molar-refractivity contribution in [2.75, 3.05) is 26.2 Å². The predicted molar refractivity (Wildman–Crippen MR) is 72.9 cm³/mol. The van der Waals surface area contributed by atoms with Crippen molar-refractivity contribution >= 4 is 0 Å². The number of hydrogen-bond donors (Lipinski definition) is 1. The first-order valence-electron chi connectivity index (χ1n) is 7.86. The summed E-state index contributed by atoms with van der Waals surface area (Å²) in [6, 6.07) is 0. The van der Waals surface area contributed by atoms with E-state index in [9.17, 15) is 5.11 Å². The Hall–Kier alpha value is -0.160. The number of ether oxygens (including phenoxy) is 2. The van der Waals surface area contributed by atoms with Crippen LogP contribution in [0.3, 0.4) is 0 Å². The molecule has 3 fully saturated rings. The largest absolute Gasteiger partial charge is 0.389 e. The van der Waals surface area contributed by atoms with Crippen molar-refractivity contribution in [2.24, 2.45) is 0 Å². The molecule has 19 heavy (non-hydrogen) atoms. The fourth-order valence-corrected chi connectivity index (χ4v) is 3.80. The van der Waals surface area contributed by atoms with Crippen LogP contribution in [0.15, 0.2) is 0 Å². The van der Waals surface area contributed by atoms with E-state index >= 15 is 0 Å². The molecule has 110 valence electrons. The number of aliphatic hydroxyl groups is 1. The van der Waals surface area contributed by atoms with Crippen LogP contribution in [0.1, 0.15) is 51.9 Å². The van der Waals surface area contributed by atoms with Gasteiger partial charge in [0.15, 0.2) is 5.79 Å². The Balaban J connectivity index is 1.50. The minimum absolute atomic E-state index is 0.231. The second-order valence-corrected chi connectivity index (χ2v) is 6.71. The highest BCUT2D eigenvalue weighted by Gasteiger charge is 2.43. The Morgan fingerprint density at radius 3 is 2.37 bits per heavy atom. The van der Waals surface area contributed by atoms with Crippen LogP contribution >= 0.6 is 0 Å². The highest BCUT2D eigenvalue weighted by Crippen LogP contribution is 2.35. The normalized spacial score (nSPS) is 34.7. The van der Waals surface area contributed by atoms with Gasteiger partial charge in [-0.15, -0.1) is 0 Å². The molecule has 3 aliphatic rings. The Bertz CT molecular complexity index is 307. The van der Waals surface area contributed by atoms with Crippen molar-refractivity contribution < 1.29 is 14.6 Å². The molecule has 0 bridgehead atoms. The highest BCUT2D eigenvalue weighted by molar-refractivity contribution is 4.90. The molecule has 1 atom stereocenters. The van der Waals surface area contributed by atoms with Gasteiger partial charge in [-0.25, -0.2) is 0 Å². The summed E-state index contributed by atoms with van der Waals surface area (Å²) in [5, 5.41) is 10.6. The van der Waals surface area contributed by atoms with Gasteiger partial charge in [0.05, 0.1) is 18.3 Å².